The highest BCUT2D eigenvalue weighted by Gasteiger charge is 2.24. The monoisotopic (exact) mass is 182 g/mol. The summed E-state index contributed by atoms with van der Waals surface area (Å²) < 4.78 is 0. The van der Waals surface area contributed by atoms with Crippen molar-refractivity contribution in [3.8, 4) is 0 Å². The summed E-state index contributed by atoms with van der Waals surface area (Å²) in [5.41, 5.74) is 7.98. The molecule has 1 saturated carbocycles. The van der Waals surface area contributed by atoms with E-state index in [1.807, 2.05) is 0 Å². The zero-order valence-corrected chi connectivity index (χ0v) is 7.57. The van der Waals surface area contributed by atoms with Crippen LogP contribution in [0, 0.1) is 5.92 Å². The average molecular weight is 182 g/mol. The van der Waals surface area contributed by atoms with Gasteiger partial charge in [0.15, 0.2) is 0 Å². The van der Waals surface area contributed by atoms with Crippen LogP contribution in [0.25, 0.3) is 10.4 Å². The van der Waals surface area contributed by atoms with E-state index in [4.69, 9.17) is 5.53 Å². The Balaban J connectivity index is 1.98. The van der Waals surface area contributed by atoms with E-state index in [2.05, 4.69) is 15.3 Å². The molecule has 0 spiro atoms. The molecular weight excluding hydrogens is 168 g/mol. The van der Waals surface area contributed by atoms with Gasteiger partial charge in [-0.25, -0.2) is 0 Å². The molecule has 72 valence electrons. The summed E-state index contributed by atoms with van der Waals surface area (Å²) in [4.78, 5) is 13.9. The number of rotatable bonds is 5. The van der Waals surface area contributed by atoms with Crippen molar-refractivity contribution in [2.75, 3.05) is 13.1 Å². The number of nitrogens with zero attached hydrogens (tertiary/aromatic N) is 3. The molecule has 13 heavy (non-hydrogen) atoms. The second kappa shape index (κ2) is 5.43. The second-order valence-corrected chi connectivity index (χ2v) is 3.23. The van der Waals surface area contributed by atoms with Gasteiger partial charge in [-0.3, -0.25) is 4.79 Å². The summed E-state index contributed by atoms with van der Waals surface area (Å²) in [6, 6.07) is 0. The van der Waals surface area contributed by atoms with Crippen LogP contribution in [0.2, 0.25) is 0 Å². The van der Waals surface area contributed by atoms with Gasteiger partial charge in [0.2, 0.25) is 5.91 Å². The minimum absolute atomic E-state index is 0.159. The molecule has 1 aliphatic rings. The lowest BCUT2D eigenvalue weighted by atomic mass is 9.85. The van der Waals surface area contributed by atoms with E-state index in [0.29, 0.717) is 13.1 Å². The number of azide groups is 1. The molecule has 0 aromatic carbocycles. The topological polar surface area (TPSA) is 77.9 Å². The van der Waals surface area contributed by atoms with Crippen molar-refractivity contribution >= 4 is 5.91 Å². The Labute approximate surface area is 77.1 Å². The quantitative estimate of drug-likeness (QED) is 0.298. The van der Waals surface area contributed by atoms with Crippen LogP contribution < -0.4 is 5.32 Å². The maximum absolute atomic E-state index is 11.2. The van der Waals surface area contributed by atoms with E-state index in [1.165, 1.54) is 6.42 Å². The van der Waals surface area contributed by atoms with Crippen molar-refractivity contribution in [1.29, 1.82) is 0 Å². The van der Waals surface area contributed by atoms with E-state index in [0.717, 1.165) is 19.3 Å². The summed E-state index contributed by atoms with van der Waals surface area (Å²) >= 11 is 0. The van der Waals surface area contributed by atoms with E-state index in [-0.39, 0.29) is 11.8 Å². The molecule has 0 bridgehead atoms. The molecule has 5 nitrogen and oxygen atoms in total. The maximum Gasteiger partial charge on any atom is 0.223 e. The van der Waals surface area contributed by atoms with Gasteiger partial charge in [0.1, 0.15) is 0 Å². The van der Waals surface area contributed by atoms with E-state index < -0.39 is 0 Å². The lowest BCUT2D eigenvalue weighted by Gasteiger charge is -2.23. The number of hydrogen-bond donors (Lipinski definition) is 1. The van der Waals surface area contributed by atoms with Crippen LogP contribution in [0.5, 0.6) is 0 Å². The summed E-state index contributed by atoms with van der Waals surface area (Å²) in [7, 11) is 0. The molecule has 1 fully saturated rings. The first-order chi connectivity index (χ1) is 6.34. The Morgan fingerprint density at radius 2 is 2.38 bits per heavy atom. The van der Waals surface area contributed by atoms with Crippen molar-refractivity contribution in [3.05, 3.63) is 10.4 Å². The van der Waals surface area contributed by atoms with Crippen molar-refractivity contribution < 1.29 is 4.79 Å². The SMILES string of the molecule is [N-]=[N+]=NCCCNC(=O)C1CCC1. The number of amides is 1. The zero-order chi connectivity index (χ0) is 9.52. The highest BCUT2D eigenvalue weighted by Crippen LogP contribution is 2.25. The minimum atomic E-state index is 0.159. The van der Waals surface area contributed by atoms with Gasteiger partial charge >= 0.3 is 0 Å². The van der Waals surface area contributed by atoms with Crippen molar-refractivity contribution in [2.45, 2.75) is 25.7 Å². The van der Waals surface area contributed by atoms with Gasteiger partial charge < -0.3 is 5.32 Å². The lowest BCUT2D eigenvalue weighted by Crippen LogP contribution is -2.35. The molecule has 0 aliphatic heterocycles. The molecule has 0 radical (unpaired) electrons. The molecule has 0 heterocycles. The van der Waals surface area contributed by atoms with Crippen molar-refractivity contribution in [3.63, 3.8) is 0 Å². The maximum atomic E-state index is 11.2. The Bertz CT molecular complexity index is 218. The number of carbonyl (C=O) groups excluding carboxylic acids is 1. The van der Waals surface area contributed by atoms with Gasteiger partial charge in [-0.15, -0.1) is 0 Å². The third-order valence-corrected chi connectivity index (χ3v) is 2.27. The third kappa shape index (κ3) is 3.34. The zero-order valence-electron chi connectivity index (χ0n) is 7.57. The van der Waals surface area contributed by atoms with Crippen LogP contribution in [0.1, 0.15) is 25.7 Å². The molecule has 0 aromatic rings. The Morgan fingerprint density at radius 1 is 1.62 bits per heavy atom. The van der Waals surface area contributed by atoms with Crippen LogP contribution in [-0.2, 0) is 4.79 Å². The van der Waals surface area contributed by atoms with Gasteiger partial charge in [0, 0.05) is 23.9 Å². The lowest BCUT2D eigenvalue weighted by molar-refractivity contribution is -0.127. The predicted molar refractivity (Wildman–Crippen MR) is 49.0 cm³/mol. The molecule has 0 unspecified atom stereocenters. The Kier molecular flexibility index (Phi) is 4.12. The summed E-state index contributed by atoms with van der Waals surface area (Å²) in [6.07, 6.45) is 3.96. The fourth-order valence-corrected chi connectivity index (χ4v) is 1.22. The molecule has 1 aliphatic carbocycles. The molecule has 1 rings (SSSR count). The first-order valence-corrected chi connectivity index (χ1v) is 4.63. The van der Waals surface area contributed by atoms with Crippen LogP contribution >= 0.6 is 0 Å². The standard InChI is InChI=1S/C8H14N4O/c9-12-11-6-2-5-10-8(13)7-3-1-4-7/h7H,1-6H2,(H,10,13). The number of carbonyl (C=O) groups is 1. The van der Waals surface area contributed by atoms with Gasteiger partial charge in [-0.2, -0.15) is 0 Å². The Hall–Kier alpha value is -1.22. The largest absolute Gasteiger partial charge is 0.356 e. The molecule has 1 amide bonds. The average Bonchev–Trinajstić information content (AvgIpc) is 2.01. The number of nitrogens with one attached hydrogen (secondary N) is 1. The van der Waals surface area contributed by atoms with Crippen molar-refractivity contribution in [2.24, 2.45) is 11.0 Å². The van der Waals surface area contributed by atoms with E-state index >= 15 is 0 Å². The smallest absolute Gasteiger partial charge is 0.223 e. The Morgan fingerprint density at radius 3 is 2.92 bits per heavy atom. The van der Waals surface area contributed by atoms with Crippen LogP contribution in [0.15, 0.2) is 5.11 Å². The molecule has 0 atom stereocenters. The summed E-state index contributed by atoms with van der Waals surface area (Å²) in [5.74, 6) is 0.409. The summed E-state index contributed by atoms with van der Waals surface area (Å²) in [6.45, 7) is 1.08. The fraction of sp³-hybridized carbons (Fsp3) is 0.875. The molecule has 0 aromatic heterocycles. The summed E-state index contributed by atoms with van der Waals surface area (Å²) in [5, 5.41) is 6.20. The minimum Gasteiger partial charge on any atom is -0.356 e. The van der Waals surface area contributed by atoms with Crippen molar-refractivity contribution in [1.82, 2.24) is 5.32 Å². The molecular formula is C8H14N4O. The van der Waals surface area contributed by atoms with Gasteiger partial charge in [0.05, 0.1) is 0 Å². The molecule has 0 saturated heterocycles. The highest BCUT2D eigenvalue weighted by molar-refractivity contribution is 5.79. The second-order valence-electron chi connectivity index (χ2n) is 3.23. The first kappa shape index (κ1) is 9.86. The number of hydrogen-bond acceptors (Lipinski definition) is 2. The van der Waals surface area contributed by atoms with Crippen LogP contribution in [0.4, 0.5) is 0 Å². The predicted octanol–water partition coefficient (Wildman–Crippen LogP) is 1.60. The molecule has 5 heteroatoms. The molecule has 1 N–H and O–H groups in total. The normalized spacial score (nSPS) is 15.7. The van der Waals surface area contributed by atoms with E-state index in [1.54, 1.807) is 0 Å². The fourth-order valence-electron chi connectivity index (χ4n) is 1.22. The first-order valence-electron chi connectivity index (χ1n) is 4.63. The van der Waals surface area contributed by atoms with Crippen LogP contribution in [0.3, 0.4) is 0 Å². The van der Waals surface area contributed by atoms with E-state index in [9.17, 15) is 4.79 Å². The highest BCUT2D eigenvalue weighted by atomic mass is 16.1. The third-order valence-electron chi connectivity index (χ3n) is 2.27. The van der Waals surface area contributed by atoms with Crippen LogP contribution in [-0.4, -0.2) is 19.0 Å². The van der Waals surface area contributed by atoms with Gasteiger partial charge in [-0.05, 0) is 24.8 Å². The van der Waals surface area contributed by atoms with Gasteiger partial charge in [-0.1, -0.05) is 11.5 Å². The van der Waals surface area contributed by atoms with Gasteiger partial charge in [0.25, 0.3) is 0 Å².